The Morgan fingerprint density at radius 1 is 0.826 bits per heavy atom. The third-order valence-corrected chi connectivity index (χ3v) is 3.56. The fourth-order valence-electron chi connectivity index (χ4n) is 2.45. The molecular formula is C19H15N3O. The van der Waals surface area contributed by atoms with E-state index in [0.717, 1.165) is 33.9 Å². The molecule has 4 nitrogen and oxygen atoms in total. The number of H-pyrrole nitrogens is 1. The molecule has 0 atom stereocenters. The summed E-state index contributed by atoms with van der Waals surface area (Å²) < 4.78 is 5.79. The van der Waals surface area contributed by atoms with Gasteiger partial charge in [-0.1, -0.05) is 18.2 Å². The van der Waals surface area contributed by atoms with Crippen molar-refractivity contribution in [2.24, 2.45) is 0 Å². The van der Waals surface area contributed by atoms with Gasteiger partial charge in [0.1, 0.15) is 17.1 Å². The standard InChI is InChI=1S/C19H15N3O/c1-2-5-15(6-3-1)23-16-10-8-14(9-11-16)22-18-13-21-19-17(18)7-4-12-20-19/h1-13,22H,(H,20,21). The summed E-state index contributed by atoms with van der Waals surface area (Å²) in [5, 5.41) is 4.46. The number of aromatic nitrogens is 2. The molecule has 0 amide bonds. The van der Waals surface area contributed by atoms with Crippen molar-refractivity contribution in [1.29, 1.82) is 0 Å². The second kappa shape index (κ2) is 5.85. The van der Waals surface area contributed by atoms with E-state index in [-0.39, 0.29) is 0 Å². The zero-order chi connectivity index (χ0) is 15.5. The van der Waals surface area contributed by atoms with Gasteiger partial charge in [-0.3, -0.25) is 0 Å². The summed E-state index contributed by atoms with van der Waals surface area (Å²) in [5.74, 6) is 1.64. The fraction of sp³-hybridized carbons (Fsp3) is 0. The zero-order valence-corrected chi connectivity index (χ0v) is 12.4. The molecule has 112 valence electrons. The summed E-state index contributed by atoms with van der Waals surface area (Å²) in [7, 11) is 0. The van der Waals surface area contributed by atoms with Crippen LogP contribution in [0, 0.1) is 0 Å². The van der Waals surface area contributed by atoms with Crippen LogP contribution in [0.3, 0.4) is 0 Å². The summed E-state index contributed by atoms with van der Waals surface area (Å²) in [6, 6.07) is 21.6. The second-order valence-corrected chi connectivity index (χ2v) is 5.17. The van der Waals surface area contributed by atoms with E-state index in [1.807, 2.05) is 72.9 Å². The molecule has 2 aromatic carbocycles. The molecule has 2 N–H and O–H groups in total. The monoisotopic (exact) mass is 301 g/mol. The van der Waals surface area contributed by atoms with Crippen molar-refractivity contribution >= 4 is 22.4 Å². The van der Waals surface area contributed by atoms with Crippen LogP contribution in [0.1, 0.15) is 0 Å². The van der Waals surface area contributed by atoms with Crippen LogP contribution in [-0.4, -0.2) is 9.97 Å². The topological polar surface area (TPSA) is 49.9 Å². The van der Waals surface area contributed by atoms with E-state index in [4.69, 9.17) is 4.74 Å². The van der Waals surface area contributed by atoms with Gasteiger partial charge in [0.05, 0.1) is 5.69 Å². The highest BCUT2D eigenvalue weighted by Gasteiger charge is 2.04. The number of nitrogens with one attached hydrogen (secondary N) is 2. The molecular weight excluding hydrogens is 286 g/mol. The molecule has 0 saturated heterocycles. The lowest BCUT2D eigenvalue weighted by Crippen LogP contribution is -1.89. The van der Waals surface area contributed by atoms with Crippen molar-refractivity contribution in [3.8, 4) is 11.5 Å². The summed E-state index contributed by atoms with van der Waals surface area (Å²) in [6.45, 7) is 0. The van der Waals surface area contributed by atoms with Gasteiger partial charge in [0, 0.05) is 23.5 Å². The Kier molecular flexibility index (Phi) is 3.41. The van der Waals surface area contributed by atoms with E-state index in [9.17, 15) is 0 Å². The van der Waals surface area contributed by atoms with Gasteiger partial charge in [0.25, 0.3) is 0 Å². The van der Waals surface area contributed by atoms with Crippen LogP contribution in [0.4, 0.5) is 11.4 Å². The van der Waals surface area contributed by atoms with Gasteiger partial charge < -0.3 is 15.0 Å². The minimum atomic E-state index is 0.808. The molecule has 0 aliphatic heterocycles. The molecule has 0 spiro atoms. The van der Waals surface area contributed by atoms with E-state index in [1.54, 1.807) is 6.20 Å². The molecule has 23 heavy (non-hydrogen) atoms. The highest BCUT2D eigenvalue weighted by Crippen LogP contribution is 2.27. The zero-order valence-electron chi connectivity index (χ0n) is 12.4. The first-order chi connectivity index (χ1) is 11.4. The summed E-state index contributed by atoms with van der Waals surface area (Å²) >= 11 is 0. The van der Waals surface area contributed by atoms with Crippen molar-refractivity contribution in [1.82, 2.24) is 9.97 Å². The van der Waals surface area contributed by atoms with Crippen molar-refractivity contribution in [2.45, 2.75) is 0 Å². The van der Waals surface area contributed by atoms with Crippen LogP contribution in [0.5, 0.6) is 11.5 Å². The van der Waals surface area contributed by atoms with E-state index >= 15 is 0 Å². The van der Waals surface area contributed by atoms with Crippen LogP contribution >= 0.6 is 0 Å². The first-order valence-corrected chi connectivity index (χ1v) is 7.40. The van der Waals surface area contributed by atoms with Crippen LogP contribution in [0.25, 0.3) is 11.0 Å². The Bertz CT molecular complexity index is 914. The van der Waals surface area contributed by atoms with Gasteiger partial charge in [-0.05, 0) is 48.5 Å². The Labute approximate surface area is 133 Å². The fourth-order valence-corrected chi connectivity index (χ4v) is 2.45. The Balaban J connectivity index is 1.52. The molecule has 0 unspecified atom stereocenters. The minimum Gasteiger partial charge on any atom is -0.457 e. The third kappa shape index (κ3) is 2.87. The lowest BCUT2D eigenvalue weighted by Gasteiger charge is -2.08. The van der Waals surface area contributed by atoms with Crippen molar-refractivity contribution in [3.05, 3.63) is 79.1 Å². The van der Waals surface area contributed by atoms with E-state index < -0.39 is 0 Å². The van der Waals surface area contributed by atoms with E-state index in [2.05, 4.69) is 15.3 Å². The second-order valence-electron chi connectivity index (χ2n) is 5.17. The number of benzene rings is 2. The van der Waals surface area contributed by atoms with Crippen molar-refractivity contribution in [3.63, 3.8) is 0 Å². The molecule has 0 fully saturated rings. The average Bonchev–Trinajstić information content (AvgIpc) is 3.01. The summed E-state index contributed by atoms with van der Waals surface area (Å²) in [6.07, 6.45) is 3.70. The summed E-state index contributed by atoms with van der Waals surface area (Å²) in [5.41, 5.74) is 2.87. The molecule has 2 aromatic heterocycles. The number of para-hydroxylation sites is 1. The maximum absolute atomic E-state index is 5.79. The predicted molar refractivity (Wildman–Crippen MR) is 92.3 cm³/mol. The Morgan fingerprint density at radius 2 is 1.61 bits per heavy atom. The van der Waals surface area contributed by atoms with Crippen LogP contribution in [0.2, 0.25) is 0 Å². The smallest absolute Gasteiger partial charge is 0.139 e. The molecule has 0 aliphatic rings. The molecule has 0 saturated carbocycles. The number of anilines is 2. The predicted octanol–water partition coefficient (Wildman–Crippen LogP) is 5.10. The maximum atomic E-state index is 5.79. The molecule has 0 aliphatic carbocycles. The molecule has 4 aromatic rings. The van der Waals surface area contributed by atoms with E-state index in [0.29, 0.717) is 0 Å². The van der Waals surface area contributed by atoms with Crippen LogP contribution in [0.15, 0.2) is 79.1 Å². The molecule has 2 heterocycles. The first kappa shape index (κ1) is 13.4. The van der Waals surface area contributed by atoms with Gasteiger partial charge >= 0.3 is 0 Å². The lowest BCUT2D eigenvalue weighted by molar-refractivity contribution is 0.483. The minimum absolute atomic E-state index is 0.808. The van der Waals surface area contributed by atoms with E-state index in [1.165, 1.54) is 0 Å². The number of hydrogen-bond acceptors (Lipinski definition) is 3. The quantitative estimate of drug-likeness (QED) is 0.551. The maximum Gasteiger partial charge on any atom is 0.139 e. The third-order valence-electron chi connectivity index (χ3n) is 3.56. The Morgan fingerprint density at radius 3 is 2.43 bits per heavy atom. The molecule has 4 rings (SSSR count). The van der Waals surface area contributed by atoms with Gasteiger partial charge in [-0.25, -0.2) is 4.98 Å². The lowest BCUT2D eigenvalue weighted by atomic mass is 10.2. The number of nitrogens with zero attached hydrogens (tertiary/aromatic N) is 1. The van der Waals surface area contributed by atoms with Crippen molar-refractivity contribution in [2.75, 3.05) is 5.32 Å². The normalized spacial score (nSPS) is 10.6. The molecule has 4 heteroatoms. The number of hydrogen-bond donors (Lipinski definition) is 2. The number of ether oxygens (including phenoxy) is 1. The van der Waals surface area contributed by atoms with Gasteiger partial charge in [0.15, 0.2) is 0 Å². The van der Waals surface area contributed by atoms with Crippen molar-refractivity contribution < 1.29 is 4.74 Å². The number of pyridine rings is 1. The number of rotatable bonds is 4. The molecule has 0 radical (unpaired) electrons. The first-order valence-electron chi connectivity index (χ1n) is 7.40. The number of aromatic amines is 1. The van der Waals surface area contributed by atoms with Crippen LogP contribution < -0.4 is 10.1 Å². The average molecular weight is 301 g/mol. The number of fused-ring (bicyclic) bond motifs is 1. The largest absolute Gasteiger partial charge is 0.457 e. The molecule has 0 bridgehead atoms. The SMILES string of the molecule is c1ccc(Oc2ccc(Nc3c[nH]c4ncccc34)cc2)cc1. The Hall–Kier alpha value is -3.27. The highest BCUT2D eigenvalue weighted by molar-refractivity contribution is 5.91. The highest BCUT2D eigenvalue weighted by atomic mass is 16.5. The van der Waals surface area contributed by atoms with Crippen LogP contribution in [-0.2, 0) is 0 Å². The summed E-state index contributed by atoms with van der Waals surface area (Å²) in [4.78, 5) is 7.44. The van der Waals surface area contributed by atoms with Gasteiger partial charge in [0.2, 0.25) is 0 Å². The van der Waals surface area contributed by atoms with Gasteiger partial charge in [-0.15, -0.1) is 0 Å². The van der Waals surface area contributed by atoms with Gasteiger partial charge in [-0.2, -0.15) is 0 Å².